The summed E-state index contributed by atoms with van der Waals surface area (Å²) in [5.41, 5.74) is 1.09. The fourth-order valence-corrected chi connectivity index (χ4v) is 2.83. The average Bonchev–Trinajstić information content (AvgIpc) is 2.91. The molecule has 0 amide bonds. The molecule has 0 aliphatic rings. The van der Waals surface area contributed by atoms with E-state index in [4.69, 9.17) is 0 Å². The van der Waals surface area contributed by atoms with E-state index in [9.17, 15) is 8.42 Å². The van der Waals surface area contributed by atoms with Gasteiger partial charge in [-0.3, -0.25) is 0 Å². The summed E-state index contributed by atoms with van der Waals surface area (Å²) in [5.74, 6) is 0.473. The molecule has 8 heteroatoms. The van der Waals surface area contributed by atoms with E-state index in [0.717, 1.165) is 5.56 Å². The maximum atomic E-state index is 12.1. The fourth-order valence-electron chi connectivity index (χ4n) is 1.80. The van der Waals surface area contributed by atoms with Crippen LogP contribution >= 0.6 is 0 Å². The molecule has 21 heavy (non-hydrogen) atoms. The molecule has 2 aromatic rings. The molecule has 0 radical (unpaired) electrons. The van der Waals surface area contributed by atoms with Crippen molar-refractivity contribution in [2.75, 3.05) is 6.54 Å². The van der Waals surface area contributed by atoms with Crippen LogP contribution in [-0.2, 0) is 21.9 Å². The van der Waals surface area contributed by atoms with E-state index in [2.05, 4.69) is 46.1 Å². The molecular formula is C13H19N5O2S. The number of nitrogens with one attached hydrogen (secondary N) is 2. The first-order valence-electron chi connectivity index (χ1n) is 6.61. The van der Waals surface area contributed by atoms with Gasteiger partial charge in [-0.05, 0) is 23.1 Å². The quantitative estimate of drug-likeness (QED) is 0.858. The van der Waals surface area contributed by atoms with Crippen molar-refractivity contribution >= 4 is 10.0 Å². The summed E-state index contributed by atoms with van der Waals surface area (Å²) in [4.78, 5) is 0.253. The van der Waals surface area contributed by atoms with Gasteiger partial charge in [0.2, 0.25) is 10.0 Å². The SMILES string of the molecule is CC(C)(C)c1ccc(S(=O)(=O)NCCc2nn[nH]n2)cc1. The molecule has 2 rings (SSSR count). The summed E-state index contributed by atoms with van der Waals surface area (Å²) < 4.78 is 26.8. The summed E-state index contributed by atoms with van der Waals surface area (Å²) >= 11 is 0. The zero-order valence-electron chi connectivity index (χ0n) is 12.3. The Bertz CT molecular complexity index is 672. The van der Waals surface area contributed by atoms with Crippen LogP contribution < -0.4 is 4.72 Å². The average molecular weight is 309 g/mol. The molecule has 0 atom stereocenters. The highest BCUT2D eigenvalue weighted by Crippen LogP contribution is 2.23. The molecule has 1 aromatic carbocycles. The molecule has 0 saturated heterocycles. The summed E-state index contributed by atoms with van der Waals surface area (Å²) in [6.07, 6.45) is 0.385. The van der Waals surface area contributed by atoms with Crippen LogP contribution in [0.25, 0.3) is 0 Å². The van der Waals surface area contributed by atoms with Gasteiger partial charge in [0.05, 0.1) is 4.90 Å². The Morgan fingerprint density at radius 1 is 1.19 bits per heavy atom. The van der Waals surface area contributed by atoms with Crippen molar-refractivity contribution in [1.82, 2.24) is 25.3 Å². The van der Waals surface area contributed by atoms with Gasteiger partial charge >= 0.3 is 0 Å². The number of benzene rings is 1. The van der Waals surface area contributed by atoms with Gasteiger partial charge in [0.25, 0.3) is 0 Å². The Morgan fingerprint density at radius 3 is 2.38 bits per heavy atom. The lowest BCUT2D eigenvalue weighted by atomic mass is 9.87. The normalized spacial score (nSPS) is 12.5. The monoisotopic (exact) mass is 309 g/mol. The molecule has 0 saturated carbocycles. The molecule has 1 heterocycles. The highest BCUT2D eigenvalue weighted by atomic mass is 32.2. The van der Waals surface area contributed by atoms with Crippen molar-refractivity contribution in [2.24, 2.45) is 0 Å². The molecule has 0 spiro atoms. The first-order chi connectivity index (χ1) is 9.79. The minimum Gasteiger partial charge on any atom is -0.211 e. The zero-order chi connectivity index (χ0) is 15.5. The maximum Gasteiger partial charge on any atom is 0.240 e. The third-order valence-electron chi connectivity index (χ3n) is 3.06. The van der Waals surface area contributed by atoms with Crippen LogP contribution in [0, 0.1) is 0 Å². The number of sulfonamides is 1. The molecule has 0 unspecified atom stereocenters. The van der Waals surface area contributed by atoms with Crippen LogP contribution in [0.15, 0.2) is 29.2 Å². The number of hydrogen-bond donors (Lipinski definition) is 2. The Labute approximate surface area is 124 Å². The number of nitrogens with zero attached hydrogens (tertiary/aromatic N) is 3. The first kappa shape index (κ1) is 15.6. The van der Waals surface area contributed by atoms with Crippen molar-refractivity contribution in [3.05, 3.63) is 35.7 Å². The molecule has 2 N–H and O–H groups in total. The maximum absolute atomic E-state index is 12.1. The number of aromatic amines is 1. The Kier molecular flexibility index (Phi) is 4.38. The predicted octanol–water partition coefficient (Wildman–Crippen LogP) is 1.02. The Hall–Kier alpha value is -1.80. The molecule has 7 nitrogen and oxygen atoms in total. The van der Waals surface area contributed by atoms with Gasteiger partial charge < -0.3 is 0 Å². The van der Waals surface area contributed by atoms with Gasteiger partial charge in [0.1, 0.15) is 0 Å². The standard InChI is InChI=1S/C13H19N5O2S/c1-13(2,3)10-4-6-11(7-5-10)21(19,20)14-9-8-12-15-17-18-16-12/h4-7,14H,8-9H2,1-3H3,(H,15,16,17,18). The number of tetrazole rings is 1. The number of aromatic nitrogens is 4. The van der Waals surface area contributed by atoms with Gasteiger partial charge in [-0.1, -0.05) is 38.1 Å². The topological polar surface area (TPSA) is 101 Å². The Morgan fingerprint density at radius 2 is 1.86 bits per heavy atom. The predicted molar refractivity (Wildman–Crippen MR) is 78.2 cm³/mol. The molecule has 0 aliphatic heterocycles. The van der Waals surface area contributed by atoms with Gasteiger partial charge in [-0.2, -0.15) is 5.21 Å². The van der Waals surface area contributed by atoms with Gasteiger partial charge in [-0.25, -0.2) is 13.1 Å². The van der Waals surface area contributed by atoms with Crippen LogP contribution in [0.1, 0.15) is 32.2 Å². The smallest absolute Gasteiger partial charge is 0.211 e. The molecule has 0 aliphatic carbocycles. The Balaban J connectivity index is 2.02. The summed E-state index contributed by atoms with van der Waals surface area (Å²) in [6, 6.07) is 6.93. The van der Waals surface area contributed by atoms with E-state index in [1.165, 1.54) is 0 Å². The lowest BCUT2D eigenvalue weighted by molar-refractivity contribution is 0.578. The number of H-pyrrole nitrogens is 1. The van der Waals surface area contributed by atoms with Crippen LogP contribution in [-0.4, -0.2) is 35.6 Å². The minimum absolute atomic E-state index is 0.00561. The largest absolute Gasteiger partial charge is 0.240 e. The van der Waals surface area contributed by atoms with Crippen LogP contribution in [0.2, 0.25) is 0 Å². The van der Waals surface area contributed by atoms with E-state index >= 15 is 0 Å². The van der Waals surface area contributed by atoms with Gasteiger partial charge in [0, 0.05) is 13.0 Å². The van der Waals surface area contributed by atoms with Crippen LogP contribution in [0.4, 0.5) is 0 Å². The number of rotatable bonds is 5. The lowest BCUT2D eigenvalue weighted by Gasteiger charge is -2.19. The molecule has 0 fully saturated rings. The van der Waals surface area contributed by atoms with Crippen molar-refractivity contribution in [1.29, 1.82) is 0 Å². The summed E-state index contributed by atoms with van der Waals surface area (Å²) in [6.45, 7) is 6.47. The number of hydrogen-bond acceptors (Lipinski definition) is 5. The summed E-state index contributed by atoms with van der Waals surface area (Å²) in [5, 5.41) is 13.3. The second kappa shape index (κ2) is 5.90. The van der Waals surface area contributed by atoms with Crippen molar-refractivity contribution in [3.63, 3.8) is 0 Å². The van der Waals surface area contributed by atoms with Crippen molar-refractivity contribution in [2.45, 2.75) is 37.5 Å². The summed E-state index contributed by atoms with van der Waals surface area (Å²) in [7, 11) is -3.51. The molecular weight excluding hydrogens is 290 g/mol. The van der Waals surface area contributed by atoms with E-state index in [1.807, 2.05) is 12.1 Å². The highest BCUT2D eigenvalue weighted by molar-refractivity contribution is 7.89. The molecule has 1 aromatic heterocycles. The fraction of sp³-hybridized carbons (Fsp3) is 0.462. The highest BCUT2D eigenvalue weighted by Gasteiger charge is 2.17. The first-order valence-corrected chi connectivity index (χ1v) is 8.10. The van der Waals surface area contributed by atoms with Crippen molar-refractivity contribution < 1.29 is 8.42 Å². The van der Waals surface area contributed by atoms with E-state index < -0.39 is 10.0 Å². The van der Waals surface area contributed by atoms with Crippen LogP contribution in [0.5, 0.6) is 0 Å². The third-order valence-corrected chi connectivity index (χ3v) is 4.54. The zero-order valence-corrected chi connectivity index (χ0v) is 13.1. The lowest BCUT2D eigenvalue weighted by Crippen LogP contribution is -2.26. The van der Waals surface area contributed by atoms with E-state index in [0.29, 0.717) is 12.2 Å². The second-order valence-electron chi connectivity index (χ2n) is 5.75. The van der Waals surface area contributed by atoms with Crippen molar-refractivity contribution in [3.8, 4) is 0 Å². The van der Waals surface area contributed by atoms with E-state index in [-0.39, 0.29) is 16.9 Å². The second-order valence-corrected chi connectivity index (χ2v) is 7.52. The molecule has 0 bridgehead atoms. The van der Waals surface area contributed by atoms with Crippen LogP contribution in [0.3, 0.4) is 0 Å². The molecule has 114 valence electrons. The van der Waals surface area contributed by atoms with Gasteiger partial charge in [0.15, 0.2) is 5.82 Å². The van der Waals surface area contributed by atoms with Gasteiger partial charge in [-0.15, -0.1) is 10.2 Å². The third kappa shape index (κ3) is 4.08. The van der Waals surface area contributed by atoms with E-state index in [1.54, 1.807) is 12.1 Å². The minimum atomic E-state index is -3.51.